The molecule has 1 aliphatic heterocycles. The number of nitrogens with one attached hydrogen (secondary N) is 1. The Balaban J connectivity index is 1.35. The number of aliphatic carboxylic acids is 1. The molecule has 4 rings (SSSR count). The first-order valence-corrected chi connectivity index (χ1v) is 10.6. The molecule has 1 aliphatic carbocycles. The number of hydrogen-bond acceptors (Lipinski definition) is 4. The highest BCUT2D eigenvalue weighted by Crippen LogP contribution is 2.44. The normalized spacial score (nSPS) is 17.1. The monoisotopic (exact) mass is 409 g/mol. The van der Waals surface area contributed by atoms with Crippen molar-refractivity contribution in [2.24, 2.45) is 5.92 Å². The molecule has 2 aliphatic rings. The van der Waals surface area contributed by atoms with Gasteiger partial charge in [0.15, 0.2) is 0 Å². The Morgan fingerprint density at radius 1 is 1.03 bits per heavy atom. The van der Waals surface area contributed by atoms with Gasteiger partial charge in [-0.3, -0.25) is 0 Å². The molecule has 0 aromatic heterocycles. The summed E-state index contributed by atoms with van der Waals surface area (Å²) in [4.78, 5) is 24.0. The minimum atomic E-state index is -1.03. The van der Waals surface area contributed by atoms with Crippen molar-refractivity contribution in [3.63, 3.8) is 0 Å². The number of hydrogen-bond donors (Lipinski definition) is 2. The lowest BCUT2D eigenvalue weighted by atomic mass is 9.93. The van der Waals surface area contributed by atoms with Crippen molar-refractivity contribution in [2.45, 2.75) is 37.6 Å². The van der Waals surface area contributed by atoms with Gasteiger partial charge in [-0.15, -0.1) is 0 Å². The van der Waals surface area contributed by atoms with Gasteiger partial charge in [0, 0.05) is 19.1 Å². The molecule has 6 heteroatoms. The first kappa shape index (κ1) is 20.4. The van der Waals surface area contributed by atoms with Crippen LogP contribution in [0.3, 0.4) is 0 Å². The van der Waals surface area contributed by atoms with Crippen LogP contribution in [0, 0.1) is 5.92 Å². The number of carbonyl (C=O) groups excluding carboxylic acids is 1. The predicted molar refractivity (Wildman–Crippen MR) is 112 cm³/mol. The van der Waals surface area contributed by atoms with E-state index in [0.717, 1.165) is 54.7 Å². The summed E-state index contributed by atoms with van der Waals surface area (Å²) in [5.74, 6) is -0.630. The number of rotatable bonds is 7. The number of carbonyl (C=O) groups is 2. The molecule has 0 bridgehead atoms. The van der Waals surface area contributed by atoms with Gasteiger partial charge in [0.1, 0.15) is 12.6 Å². The van der Waals surface area contributed by atoms with Crippen molar-refractivity contribution >= 4 is 12.1 Å². The third kappa shape index (κ3) is 4.49. The van der Waals surface area contributed by atoms with E-state index in [-0.39, 0.29) is 12.5 Å². The largest absolute Gasteiger partial charge is 0.480 e. The van der Waals surface area contributed by atoms with Crippen molar-refractivity contribution in [3.05, 3.63) is 59.7 Å². The summed E-state index contributed by atoms with van der Waals surface area (Å²) in [7, 11) is 0. The molecule has 30 heavy (non-hydrogen) atoms. The molecule has 2 aromatic carbocycles. The highest BCUT2D eigenvalue weighted by atomic mass is 16.5. The van der Waals surface area contributed by atoms with Gasteiger partial charge in [0.05, 0.1) is 0 Å². The second-order valence-corrected chi connectivity index (χ2v) is 7.99. The van der Waals surface area contributed by atoms with Gasteiger partial charge in [0.25, 0.3) is 0 Å². The van der Waals surface area contributed by atoms with E-state index in [1.807, 2.05) is 24.3 Å². The summed E-state index contributed by atoms with van der Waals surface area (Å²) in [5, 5.41) is 12.0. The smallest absolute Gasteiger partial charge is 0.407 e. The van der Waals surface area contributed by atoms with E-state index in [1.165, 1.54) is 0 Å². The number of carboxylic acids is 1. The van der Waals surface area contributed by atoms with Crippen LogP contribution in [-0.2, 0) is 14.3 Å². The second kappa shape index (κ2) is 9.30. The number of fused-ring (bicyclic) bond motifs is 3. The molecule has 6 nitrogen and oxygen atoms in total. The molecule has 1 fully saturated rings. The fraction of sp³-hybridized carbons (Fsp3) is 0.417. The Bertz CT molecular complexity index is 860. The Kier molecular flexibility index (Phi) is 6.33. The number of benzene rings is 2. The van der Waals surface area contributed by atoms with E-state index in [0.29, 0.717) is 12.3 Å². The SMILES string of the molecule is O=C(NC(CCC1CCOCC1)C(=O)O)OCC1c2ccccc2-c2ccccc21. The highest BCUT2D eigenvalue weighted by Gasteiger charge is 2.30. The van der Waals surface area contributed by atoms with Gasteiger partial charge < -0.3 is 19.9 Å². The molecule has 2 N–H and O–H groups in total. The van der Waals surface area contributed by atoms with Crippen molar-refractivity contribution in [1.29, 1.82) is 0 Å². The van der Waals surface area contributed by atoms with Gasteiger partial charge in [-0.05, 0) is 53.9 Å². The Morgan fingerprint density at radius 2 is 1.63 bits per heavy atom. The van der Waals surface area contributed by atoms with Gasteiger partial charge in [-0.2, -0.15) is 0 Å². The zero-order valence-corrected chi connectivity index (χ0v) is 16.9. The maximum atomic E-state index is 12.4. The molecule has 0 spiro atoms. The number of ether oxygens (including phenoxy) is 2. The third-order valence-corrected chi connectivity index (χ3v) is 6.14. The predicted octanol–water partition coefficient (Wildman–Crippen LogP) is 4.19. The molecule has 1 saturated heterocycles. The van der Waals surface area contributed by atoms with E-state index in [1.54, 1.807) is 0 Å². The summed E-state index contributed by atoms with van der Waals surface area (Å²) < 4.78 is 10.8. The van der Waals surface area contributed by atoms with Gasteiger partial charge in [0.2, 0.25) is 0 Å². The zero-order valence-electron chi connectivity index (χ0n) is 16.9. The van der Waals surface area contributed by atoms with Crippen LogP contribution in [0.4, 0.5) is 4.79 Å². The van der Waals surface area contributed by atoms with E-state index in [9.17, 15) is 14.7 Å². The molecular weight excluding hydrogens is 382 g/mol. The maximum absolute atomic E-state index is 12.4. The van der Waals surface area contributed by atoms with E-state index in [2.05, 4.69) is 29.6 Å². The lowest BCUT2D eigenvalue weighted by Crippen LogP contribution is -2.41. The quantitative estimate of drug-likeness (QED) is 0.716. The molecule has 1 amide bonds. The fourth-order valence-electron chi connectivity index (χ4n) is 4.48. The van der Waals surface area contributed by atoms with Crippen LogP contribution in [0.15, 0.2) is 48.5 Å². The Morgan fingerprint density at radius 3 is 2.23 bits per heavy atom. The van der Waals surface area contributed by atoms with Gasteiger partial charge in [-0.25, -0.2) is 9.59 Å². The standard InChI is InChI=1S/C24H27NO5/c26-23(27)22(10-9-16-11-13-29-14-12-16)25-24(28)30-15-21-19-7-3-1-5-17(19)18-6-2-4-8-20(18)21/h1-8,16,21-22H,9-15H2,(H,25,28)(H,26,27). The molecule has 2 aromatic rings. The highest BCUT2D eigenvalue weighted by molar-refractivity contribution is 5.81. The maximum Gasteiger partial charge on any atom is 0.407 e. The first-order valence-electron chi connectivity index (χ1n) is 10.6. The molecule has 1 unspecified atom stereocenters. The average molecular weight is 409 g/mol. The van der Waals surface area contributed by atoms with Crippen LogP contribution in [0.1, 0.15) is 42.7 Å². The molecule has 158 valence electrons. The molecule has 1 heterocycles. The third-order valence-electron chi connectivity index (χ3n) is 6.14. The number of carboxylic acid groups (broad SMARTS) is 1. The van der Waals surface area contributed by atoms with E-state index < -0.39 is 18.1 Å². The van der Waals surface area contributed by atoms with Crippen LogP contribution >= 0.6 is 0 Å². The summed E-state index contributed by atoms with van der Waals surface area (Å²) in [6.45, 7) is 1.62. The summed E-state index contributed by atoms with van der Waals surface area (Å²) in [5.41, 5.74) is 4.56. The minimum Gasteiger partial charge on any atom is -0.480 e. The average Bonchev–Trinajstić information content (AvgIpc) is 3.09. The molecule has 0 radical (unpaired) electrons. The fourth-order valence-corrected chi connectivity index (χ4v) is 4.48. The lowest BCUT2D eigenvalue weighted by Gasteiger charge is -2.23. The van der Waals surface area contributed by atoms with Gasteiger partial charge in [-0.1, -0.05) is 48.5 Å². The molecule has 0 saturated carbocycles. The number of amides is 1. The van der Waals surface area contributed by atoms with Crippen LogP contribution in [0.5, 0.6) is 0 Å². The first-order chi connectivity index (χ1) is 14.6. The summed E-state index contributed by atoms with van der Waals surface area (Å²) in [6.07, 6.45) is 2.35. The van der Waals surface area contributed by atoms with E-state index >= 15 is 0 Å². The topological polar surface area (TPSA) is 84.9 Å². The van der Waals surface area contributed by atoms with Crippen molar-refractivity contribution in [2.75, 3.05) is 19.8 Å². The van der Waals surface area contributed by atoms with Crippen LogP contribution < -0.4 is 5.32 Å². The Labute approximate surface area is 176 Å². The van der Waals surface area contributed by atoms with Crippen molar-refractivity contribution in [3.8, 4) is 11.1 Å². The lowest BCUT2D eigenvalue weighted by molar-refractivity contribution is -0.139. The zero-order chi connectivity index (χ0) is 20.9. The summed E-state index contributed by atoms with van der Waals surface area (Å²) in [6, 6.07) is 15.3. The Hall–Kier alpha value is -2.86. The molecule has 1 atom stereocenters. The van der Waals surface area contributed by atoms with Crippen LogP contribution in [0.25, 0.3) is 11.1 Å². The summed E-state index contributed by atoms with van der Waals surface area (Å²) >= 11 is 0. The van der Waals surface area contributed by atoms with Crippen molar-refractivity contribution < 1.29 is 24.2 Å². The van der Waals surface area contributed by atoms with Crippen LogP contribution in [-0.4, -0.2) is 43.0 Å². The number of alkyl carbamates (subject to hydrolysis) is 1. The minimum absolute atomic E-state index is 0.0475. The van der Waals surface area contributed by atoms with Crippen LogP contribution in [0.2, 0.25) is 0 Å². The van der Waals surface area contributed by atoms with Crippen molar-refractivity contribution in [1.82, 2.24) is 5.32 Å². The van der Waals surface area contributed by atoms with E-state index in [4.69, 9.17) is 9.47 Å². The molecular formula is C24H27NO5. The van der Waals surface area contributed by atoms with Gasteiger partial charge >= 0.3 is 12.1 Å². The second-order valence-electron chi connectivity index (χ2n) is 7.99.